The average Bonchev–Trinajstić information content (AvgIpc) is 3.32. The molecule has 0 unspecified atom stereocenters. The summed E-state index contributed by atoms with van der Waals surface area (Å²) in [6.45, 7) is -0.0531. The molecule has 1 aliphatic heterocycles. The second-order valence-electron chi connectivity index (χ2n) is 7.02. The van der Waals surface area contributed by atoms with Gasteiger partial charge in [0.15, 0.2) is 12.7 Å². The number of hydrogen-bond donors (Lipinski definition) is 6. The van der Waals surface area contributed by atoms with Crippen LogP contribution in [0.15, 0.2) is 17.3 Å². The fourth-order valence-corrected chi connectivity index (χ4v) is 3.64. The van der Waals surface area contributed by atoms with Crippen molar-refractivity contribution >= 4 is 24.7 Å². The van der Waals surface area contributed by atoms with Gasteiger partial charge in [-0.1, -0.05) is 15.3 Å². The van der Waals surface area contributed by atoms with Crippen molar-refractivity contribution < 1.29 is 38.6 Å². The Morgan fingerprint density at radius 2 is 2.13 bits per heavy atom. The Kier molecular flexibility index (Phi) is 5.28. The molecule has 1 aliphatic rings. The van der Waals surface area contributed by atoms with Crippen molar-refractivity contribution in [1.82, 2.24) is 29.5 Å². The molecule has 0 radical (unpaired) electrons. The van der Waals surface area contributed by atoms with E-state index in [9.17, 15) is 19.6 Å². The molecule has 0 aliphatic carbocycles. The molecule has 0 bridgehead atoms. The number of aromatic amines is 1. The maximum absolute atomic E-state index is 12.2. The Hall–Kier alpha value is -2.88. The standard InChI is InChI=1S/C14H19N8O8P/c1-20-4-22(11-8(20)12(25)17-14(15)16-11)13-10(24)9(23)6(30-13)2-21-3-7(18-19-21)29-5-31(26,27)28/h3-4,6,9-10,13,23-24H,2,5H2,1H3,(H4-,15,16,17,25,26,27,28)/p+1/t6-,9-,10-,13-/m1/s1. The number of nitrogens with one attached hydrogen (secondary N) is 1. The zero-order valence-electron chi connectivity index (χ0n) is 16.0. The second kappa shape index (κ2) is 7.67. The Morgan fingerprint density at radius 3 is 2.84 bits per heavy atom. The third kappa shape index (κ3) is 4.16. The number of fused-ring (bicyclic) bond motifs is 1. The van der Waals surface area contributed by atoms with Crippen molar-refractivity contribution in [2.24, 2.45) is 7.05 Å². The summed E-state index contributed by atoms with van der Waals surface area (Å²) in [7, 11) is -2.77. The minimum Gasteiger partial charge on any atom is -0.462 e. The molecule has 4 heterocycles. The normalized spacial score (nSPS) is 24.2. The predicted molar refractivity (Wildman–Crippen MR) is 99.4 cm³/mol. The highest BCUT2D eigenvalue weighted by Gasteiger charge is 2.47. The van der Waals surface area contributed by atoms with E-state index >= 15 is 0 Å². The van der Waals surface area contributed by atoms with Gasteiger partial charge < -0.3 is 35.2 Å². The highest BCUT2D eigenvalue weighted by atomic mass is 31.2. The van der Waals surface area contributed by atoms with E-state index in [0.29, 0.717) is 0 Å². The van der Waals surface area contributed by atoms with Gasteiger partial charge in [-0.3, -0.25) is 18.9 Å². The third-order valence-electron chi connectivity index (χ3n) is 4.67. The summed E-state index contributed by atoms with van der Waals surface area (Å²) in [6.07, 6.45) is -2.81. The van der Waals surface area contributed by atoms with Crippen LogP contribution >= 0.6 is 7.60 Å². The van der Waals surface area contributed by atoms with Gasteiger partial charge in [0.25, 0.3) is 17.4 Å². The van der Waals surface area contributed by atoms with Crippen molar-refractivity contribution in [3.63, 3.8) is 0 Å². The molecule has 168 valence electrons. The van der Waals surface area contributed by atoms with Crippen molar-refractivity contribution in [3.05, 3.63) is 22.9 Å². The average molecular weight is 459 g/mol. The highest BCUT2D eigenvalue weighted by molar-refractivity contribution is 7.51. The molecule has 7 N–H and O–H groups in total. The van der Waals surface area contributed by atoms with Gasteiger partial charge in [-0.2, -0.15) is 0 Å². The first-order chi connectivity index (χ1) is 14.5. The van der Waals surface area contributed by atoms with Crippen LogP contribution in [0.5, 0.6) is 5.88 Å². The maximum Gasteiger partial charge on any atom is 0.362 e. The van der Waals surface area contributed by atoms with Crippen molar-refractivity contribution in [2.75, 3.05) is 12.1 Å². The number of anilines is 1. The number of aliphatic hydroxyl groups excluding tert-OH is 2. The molecule has 0 saturated carbocycles. The van der Waals surface area contributed by atoms with E-state index < -0.39 is 44.0 Å². The molecule has 16 nitrogen and oxygen atoms in total. The first-order valence-electron chi connectivity index (χ1n) is 8.88. The summed E-state index contributed by atoms with van der Waals surface area (Å²) in [5.74, 6) is -0.247. The Balaban J connectivity index is 1.54. The molecule has 3 aromatic heterocycles. The predicted octanol–water partition coefficient (Wildman–Crippen LogP) is -3.44. The fraction of sp³-hybridized carbons (Fsp3) is 0.500. The molecule has 0 amide bonds. The van der Waals surface area contributed by atoms with Crippen LogP contribution in [0.2, 0.25) is 0 Å². The van der Waals surface area contributed by atoms with Gasteiger partial charge in [-0.05, 0) is 0 Å². The van der Waals surface area contributed by atoms with Gasteiger partial charge in [0.05, 0.1) is 19.8 Å². The van der Waals surface area contributed by atoms with Crippen molar-refractivity contribution in [1.29, 1.82) is 0 Å². The zero-order chi connectivity index (χ0) is 22.5. The number of imidazole rings is 1. The fourth-order valence-electron chi connectivity index (χ4n) is 3.34. The van der Waals surface area contributed by atoms with E-state index in [0.717, 1.165) is 0 Å². The molecule has 1 fully saturated rings. The number of rotatable bonds is 6. The Morgan fingerprint density at radius 1 is 1.39 bits per heavy atom. The van der Waals surface area contributed by atoms with Crippen LogP contribution in [0.1, 0.15) is 6.23 Å². The van der Waals surface area contributed by atoms with Crippen LogP contribution < -0.4 is 20.6 Å². The molecule has 0 aromatic carbocycles. The van der Waals surface area contributed by atoms with Gasteiger partial charge >= 0.3 is 13.2 Å². The van der Waals surface area contributed by atoms with Crippen LogP contribution in [0.3, 0.4) is 0 Å². The van der Waals surface area contributed by atoms with E-state index in [1.807, 2.05) is 0 Å². The maximum atomic E-state index is 12.2. The molecule has 31 heavy (non-hydrogen) atoms. The molecule has 4 atom stereocenters. The number of hydrogen-bond acceptors (Lipinski definition) is 10. The number of nitrogen functional groups attached to an aromatic ring is 1. The molecule has 0 spiro atoms. The van der Waals surface area contributed by atoms with Crippen LogP contribution in [0, 0.1) is 0 Å². The first kappa shape index (κ1) is 21.4. The highest BCUT2D eigenvalue weighted by Crippen LogP contribution is 2.34. The first-order valence-corrected chi connectivity index (χ1v) is 10.7. The number of H-pyrrole nitrogens is 1. The Bertz CT molecular complexity index is 1220. The molecule has 3 aromatic rings. The summed E-state index contributed by atoms with van der Waals surface area (Å²) in [4.78, 5) is 36.3. The molecular weight excluding hydrogens is 439 g/mol. The number of nitrogens with zero attached hydrogens (tertiary/aromatic N) is 6. The van der Waals surface area contributed by atoms with E-state index in [4.69, 9.17) is 25.0 Å². The molecule has 4 rings (SSSR count). The van der Waals surface area contributed by atoms with Gasteiger partial charge in [0, 0.05) is 0 Å². The Labute approximate surface area is 172 Å². The summed E-state index contributed by atoms with van der Waals surface area (Å²) in [6, 6.07) is 0. The van der Waals surface area contributed by atoms with Gasteiger partial charge in [-0.25, -0.2) is 9.25 Å². The summed E-state index contributed by atoms with van der Waals surface area (Å²) >= 11 is 0. The number of ether oxygens (including phenoxy) is 2. The topological polar surface area (TPSA) is 228 Å². The van der Waals surface area contributed by atoms with Crippen LogP contribution in [0.4, 0.5) is 5.95 Å². The van der Waals surface area contributed by atoms with Gasteiger partial charge in [0.1, 0.15) is 18.3 Å². The SMILES string of the molecule is Cn1c[n+]([C@@H]2O[C@H](Cn3cc(OCP(=O)(O)O)nn3)[C@@H](O)[C@H]2O)c2nc(N)[nH]c(=O)c21. The van der Waals surface area contributed by atoms with Gasteiger partial charge in [0.2, 0.25) is 11.7 Å². The largest absolute Gasteiger partial charge is 0.462 e. The van der Waals surface area contributed by atoms with E-state index in [2.05, 4.69) is 20.3 Å². The molecule has 17 heteroatoms. The van der Waals surface area contributed by atoms with Crippen LogP contribution in [-0.2, 0) is 22.9 Å². The molecular formula is C14H20N8O8P+. The van der Waals surface area contributed by atoms with Crippen LogP contribution in [0.25, 0.3) is 11.2 Å². The van der Waals surface area contributed by atoms with Gasteiger partial charge in [-0.15, -0.1) is 0 Å². The summed E-state index contributed by atoms with van der Waals surface area (Å²) in [5, 5.41) is 28.4. The van der Waals surface area contributed by atoms with E-state index in [1.54, 1.807) is 7.05 Å². The van der Waals surface area contributed by atoms with E-state index in [-0.39, 0.29) is 29.5 Å². The number of aryl methyl sites for hydroxylation is 1. The second-order valence-corrected chi connectivity index (χ2v) is 8.61. The van der Waals surface area contributed by atoms with Crippen molar-refractivity contribution in [2.45, 2.75) is 31.1 Å². The third-order valence-corrected chi connectivity index (χ3v) is 5.13. The lowest BCUT2D eigenvalue weighted by atomic mass is 10.1. The van der Waals surface area contributed by atoms with E-state index in [1.165, 1.54) is 26.3 Å². The number of nitrogens with two attached hydrogens (primary N) is 1. The van der Waals surface area contributed by atoms with Crippen LogP contribution in [-0.4, -0.2) is 74.2 Å². The lowest BCUT2D eigenvalue weighted by Gasteiger charge is -2.13. The quantitative estimate of drug-likeness (QED) is 0.156. The summed E-state index contributed by atoms with van der Waals surface area (Å²) < 4.78 is 25.6. The lowest BCUT2D eigenvalue weighted by Crippen LogP contribution is -2.46. The minimum absolute atomic E-state index is 0.0531. The zero-order valence-corrected chi connectivity index (χ0v) is 16.9. The molecule has 1 saturated heterocycles. The monoisotopic (exact) mass is 459 g/mol. The summed E-state index contributed by atoms with van der Waals surface area (Å²) in [5.41, 5.74) is 5.51. The minimum atomic E-state index is -4.38. The lowest BCUT2D eigenvalue weighted by molar-refractivity contribution is -0.745. The smallest absolute Gasteiger partial charge is 0.362 e. The number of aliphatic hydroxyl groups is 2. The van der Waals surface area contributed by atoms with Crippen molar-refractivity contribution in [3.8, 4) is 5.88 Å². The number of aromatic nitrogens is 7.